The van der Waals surface area contributed by atoms with Crippen molar-refractivity contribution < 1.29 is 4.74 Å². The largest absolute Gasteiger partial charge is 0.481 e. The number of rotatable bonds is 3. The van der Waals surface area contributed by atoms with Gasteiger partial charge in [0.2, 0.25) is 5.88 Å². The van der Waals surface area contributed by atoms with E-state index in [4.69, 9.17) is 11.2 Å². The van der Waals surface area contributed by atoms with E-state index in [9.17, 15) is 0 Å². The number of hydrogen-bond acceptors (Lipinski definition) is 3. The fourth-order valence-electron chi connectivity index (χ4n) is 1.51. The molecule has 0 aliphatic carbocycles. The lowest BCUT2D eigenvalue weighted by Crippen LogP contribution is -2.01. The third-order valence-corrected chi connectivity index (χ3v) is 2.31. The highest BCUT2D eigenvalue weighted by Gasteiger charge is 2.04. The first-order valence-corrected chi connectivity index (χ1v) is 5.24. The molecule has 84 valence electrons. The molecule has 17 heavy (non-hydrogen) atoms. The van der Waals surface area contributed by atoms with E-state index >= 15 is 0 Å². The first-order chi connectivity index (χ1) is 8.31. The summed E-state index contributed by atoms with van der Waals surface area (Å²) in [5.74, 6) is 3.67. The summed E-state index contributed by atoms with van der Waals surface area (Å²) in [6.07, 6.45) is 5.99. The Morgan fingerprint density at radius 1 is 1.24 bits per heavy atom. The first-order valence-electron chi connectivity index (χ1n) is 5.24. The normalized spacial score (nSPS) is 9.65. The zero-order valence-electron chi connectivity index (χ0n) is 9.55. The van der Waals surface area contributed by atoms with Crippen molar-refractivity contribution in [2.45, 2.75) is 6.42 Å². The Labute approximate surface area is 101 Å². The highest BCUT2D eigenvalue weighted by molar-refractivity contribution is 5.30. The van der Waals surface area contributed by atoms with Crippen molar-refractivity contribution >= 4 is 0 Å². The van der Waals surface area contributed by atoms with E-state index in [1.807, 2.05) is 30.3 Å². The van der Waals surface area contributed by atoms with Crippen molar-refractivity contribution in [3.8, 4) is 18.2 Å². The molecule has 0 amide bonds. The lowest BCUT2D eigenvalue weighted by molar-refractivity contribution is 0.395. The van der Waals surface area contributed by atoms with E-state index < -0.39 is 0 Å². The average Bonchev–Trinajstić information content (AvgIpc) is 2.39. The van der Waals surface area contributed by atoms with E-state index in [0.717, 1.165) is 5.56 Å². The highest BCUT2D eigenvalue weighted by Crippen LogP contribution is 2.11. The third kappa shape index (κ3) is 2.82. The summed E-state index contributed by atoms with van der Waals surface area (Å²) >= 11 is 0. The molecule has 2 aromatic rings. The molecule has 3 heteroatoms. The maximum absolute atomic E-state index is 5.34. The molecule has 1 aromatic carbocycles. The maximum atomic E-state index is 5.34. The monoisotopic (exact) mass is 224 g/mol. The van der Waals surface area contributed by atoms with Gasteiger partial charge in [0.05, 0.1) is 7.11 Å². The van der Waals surface area contributed by atoms with Crippen LogP contribution in [-0.2, 0) is 6.42 Å². The summed E-state index contributed by atoms with van der Waals surface area (Å²) in [5, 5.41) is 0. The van der Waals surface area contributed by atoms with Crippen molar-refractivity contribution in [2.24, 2.45) is 0 Å². The Morgan fingerprint density at radius 2 is 2.00 bits per heavy atom. The molecule has 0 N–H and O–H groups in total. The number of hydrogen-bond donors (Lipinski definition) is 0. The summed E-state index contributed by atoms with van der Waals surface area (Å²) in [6, 6.07) is 11.6. The summed E-state index contributed by atoms with van der Waals surface area (Å²) in [6.45, 7) is 0. The summed E-state index contributed by atoms with van der Waals surface area (Å²) in [4.78, 5) is 8.53. The van der Waals surface area contributed by atoms with Gasteiger partial charge in [-0.15, -0.1) is 6.42 Å². The highest BCUT2D eigenvalue weighted by atomic mass is 16.5. The minimum Gasteiger partial charge on any atom is -0.481 e. The van der Waals surface area contributed by atoms with Crippen LogP contribution in [-0.4, -0.2) is 17.1 Å². The summed E-state index contributed by atoms with van der Waals surface area (Å²) < 4.78 is 5.09. The predicted molar refractivity (Wildman–Crippen MR) is 65.8 cm³/mol. The molecular weight excluding hydrogens is 212 g/mol. The van der Waals surface area contributed by atoms with Crippen LogP contribution in [0.1, 0.15) is 17.1 Å². The maximum Gasteiger partial charge on any atom is 0.217 e. The van der Waals surface area contributed by atoms with Gasteiger partial charge in [-0.25, -0.2) is 4.98 Å². The van der Waals surface area contributed by atoms with Gasteiger partial charge in [0, 0.05) is 12.5 Å². The molecule has 0 saturated heterocycles. The molecule has 0 aliphatic rings. The molecule has 0 unspecified atom stereocenters. The molecule has 0 radical (unpaired) electrons. The van der Waals surface area contributed by atoms with E-state index in [1.165, 1.54) is 0 Å². The van der Waals surface area contributed by atoms with Gasteiger partial charge in [0.15, 0.2) is 0 Å². The van der Waals surface area contributed by atoms with Crippen LogP contribution < -0.4 is 4.74 Å². The van der Waals surface area contributed by atoms with Crippen LogP contribution in [0, 0.1) is 12.3 Å². The third-order valence-electron chi connectivity index (χ3n) is 2.31. The van der Waals surface area contributed by atoms with Crippen LogP contribution in [0.3, 0.4) is 0 Å². The van der Waals surface area contributed by atoms with E-state index in [1.54, 1.807) is 13.2 Å². The van der Waals surface area contributed by atoms with Crippen LogP contribution in [0.15, 0.2) is 36.4 Å². The quantitative estimate of drug-likeness (QED) is 0.748. The fourth-order valence-corrected chi connectivity index (χ4v) is 1.51. The second kappa shape index (κ2) is 5.13. The average molecular weight is 224 g/mol. The minimum absolute atomic E-state index is 0.499. The Kier molecular flexibility index (Phi) is 3.37. The number of nitrogens with zero attached hydrogens (tertiary/aromatic N) is 2. The molecule has 0 aliphatic heterocycles. The number of aromatic nitrogens is 2. The summed E-state index contributed by atoms with van der Waals surface area (Å²) in [5.41, 5.74) is 1.69. The molecule has 2 rings (SSSR count). The summed E-state index contributed by atoms with van der Waals surface area (Å²) in [7, 11) is 1.56. The number of methoxy groups -OCH3 is 1. The van der Waals surface area contributed by atoms with Gasteiger partial charge in [-0.3, -0.25) is 0 Å². The molecule has 1 heterocycles. The topological polar surface area (TPSA) is 35.0 Å². The van der Waals surface area contributed by atoms with Crippen LogP contribution >= 0.6 is 0 Å². The Morgan fingerprint density at radius 3 is 2.65 bits per heavy atom. The number of terminal acetylenes is 1. The Balaban J connectivity index is 2.30. The lowest BCUT2D eigenvalue weighted by atomic mass is 10.1. The second-order valence-electron chi connectivity index (χ2n) is 3.52. The molecule has 0 saturated carbocycles. The molecule has 0 bridgehead atoms. The van der Waals surface area contributed by atoms with Crippen LogP contribution in [0.25, 0.3) is 0 Å². The first kappa shape index (κ1) is 11.2. The fraction of sp³-hybridized carbons (Fsp3) is 0.143. The Hall–Kier alpha value is -2.34. The van der Waals surface area contributed by atoms with Gasteiger partial charge < -0.3 is 4.74 Å². The van der Waals surface area contributed by atoms with Gasteiger partial charge in [0.1, 0.15) is 11.5 Å². The van der Waals surface area contributed by atoms with Crippen molar-refractivity contribution in [3.63, 3.8) is 0 Å². The Bertz CT molecular complexity index is 544. The number of benzene rings is 1. The van der Waals surface area contributed by atoms with Crippen LogP contribution in [0.5, 0.6) is 5.88 Å². The van der Waals surface area contributed by atoms with Gasteiger partial charge in [-0.1, -0.05) is 30.3 Å². The zero-order valence-corrected chi connectivity index (χ0v) is 9.55. The second-order valence-corrected chi connectivity index (χ2v) is 3.52. The molecular formula is C14H12N2O. The van der Waals surface area contributed by atoms with Crippen molar-refractivity contribution in [3.05, 3.63) is 53.5 Å². The molecule has 0 fully saturated rings. The smallest absolute Gasteiger partial charge is 0.217 e. The van der Waals surface area contributed by atoms with Crippen LogP contribution in [0.2, 0.25) is 0 Å². The minimum atomic E-state index is 0.499. The van der Waals surface area contributed by atoms with Gasteiger partial charge in [-0.2, -0.15) is 4.98 Å². The van der Waals surface area contributed by atoms with Crippen molar-refractivity contribution in [1.29, 1.82) is 0 Å². The van der Waals surface area contributed by atoms with E-state index in [0.29, 0.717) is 23.8 Å². The van der Waals surface area contributed by atoms with Gasteiger partial charge >= 0.3 is 0 Å². The number of ether oxygens (including phenoxy) is 1. The van der Waals surface area contributed by atoms with E-state index in [2.05, 4.69) is 15.9 Å². The molecule has 1 aromatic heterocycles. The predicted octanol–water partition coefficient (Wildman–Crippen LogP) is 2.06. The van der Waals surface area contributed by atoms with Gasteiger partial charge in [0.25, 0.3) is 0 Å². The van der Waals surface area contributed by atoms with Gasteiger partial charge in [-0.05, 0) is 11.5 Å². The standard InChI is InChI=1S/C14H12N2O/c1-3-12-10-14(17-2)16-13(15-12)9-11-7-5-4-6-8-11/h1,4-8,10H,9H2,2H3. The SMILES string of the molecule is C#Cc1cc(OC)nc(Cc2ccccc2)n1. The molecule has 0 spiro atoms. The lowest BCUT2D eigenvalue weighted by Gasteiger charge is -2.04. The zero-order chi connectivity index (χ0) is 12.1. The molecule has 0 atom stereocenters. The molecule has 3 nitrogen and oxygen atoms in total. The van der Waals surface area contributed by atoms with Crippen LogP contribution in [0.4, 0.5) is 0 Å². The van der Waals surface area contributed by atoms with Crippen molar-refractivity contribution in [1.82, 2.24) is 9.97 Å². The van der Waals surface area contributed by atoms with E-state index in [-0.39, 0.29) is 0 Å². The van der Waals surface area contributed by atoms with Crippen molar-refractivity contribution in [2.75, 3.05) is 7.11 Å².